The van der Waals surface area contributed by atoms with Gasteiger partial charge in [0.05, 0.1) is 26.4 Å². The second-order valence-corrected chi connectivity index (χ2v) is 10.8. The largest absolute Gasteiger partial charge is 0.353 e. The van der Waals surface area contributed by atoms with Crippen LogP contribution in [0.4, 0.5) is 5.82 Å². The molecule has 0 saturated carbocycles. The van der Waals surface area contributed by atoms with Gasteiger partial charge in [-0.3, -0.25) is 4.79 Å². The summed E-state index contributed by atoms with van der Waals surface area (Å²) in [6.07, 6.45) is 7.08. The van der Waals surface area contributed by atoms with E-state index < -0.39 is 9.84 Å². The number of thiazole rings is 1. The smallest absolute Gasteiger partial charge is 0.223 e. The molecule has 0 bridgehead atoms. The van der Waals surface area contributed by atoms with Crippen molar-refractivity contribution in [3.05, 3.63) is 47.1 Å². The number of carbonyl (C=O) groups excluding carboxylic acids is 1. The van der Waals surface area contributed by atoms with Gasteiger partial charge in [-0.1, -0.05) is 12.0 Å². The van der Waals surface area contributed by atoms with Gasteiger partial charge in [0.1, 0.15) is 5.82 Å². The lowest BCUT2D eigenvalue weighted by molar-refractivity contribution is -0.133. The van der Waals surface area contributed by atoms with E-state index in [1.54, 1.807) is 34.8 Å². The van der Waals surface area contributed by atoms with Crippen LogP contribution in [0.2, 0.25) is 0 Å². The zero-order chi connectivity index (χ0) is 22.9. The highest BCUT2D eigenvalue weighted by atomic mass is 32.2. The van der Waals surface area contributed by atoms with Crippen LogP contribution in [-0.2, 0) is 14.6 Å². The van der Waals surface area contributed by atoms with Crippen LogP contribution >= 0.6 is 11.3 Å². The number of pyridine rings is 1. The maximum Gasteiger partial charge on any atom is 0.223 e. The minimum Gasteiger partial charge on any atom is -0.353 e. The zero-order valence-corrected chi connectivity index (χ0v) is 19.6. The van der Waals surface area contributed by atoms with Gasteiger partial charge in [0.2, 0.25) is 5.91 Å². The molecule has 1 saturated heterocycles. The third-order valence-electron chi connectivity index (χ3n) is 5.70. The molecule has 9 heteroatoms. The molecule has 1 aromatic carbocycles. The van der Waals surface area contributed by atoms with Crippen LogP contribution in [0, 0.1) is 19.3 Å². The molecule has 0 spiro atoms. The number of hydrogen-bond acceptors (Lipinski definition) is 7. The van der Waals surface area contributed by atoms with Crippen LogP contribution < -0.4 is 4.90 Å². The first-order valence-corrected chi connectivity index (χ1v) is 12.9. The molecule has 1 aliphatic rings. The number of nitrogens with zero attached hydrogens (tertiary/aromatic N) is 4. The number of carbonyl (C=O) groups is 1. The lowest BCUT2D eigenvalue weighted by Crippen LogP contribution is -2.54. The molecule has 4 rings (SSSR count). The minimum atomic E-state index is -3.59. The van der Waals surface area contributed by atoms with Gasteiger partial charge in [-0.15, -0.1) is 17.8 Å². The van der Waals surface area contributed by atoms with Crippen LogP contribution in [0.3, 0.4) is 0 Å². The molecule has 2 aromatic heterocycles. The molecule has 32 heavy (non-hydrogen) atoms. The van der Waals surface area contributed by atoms with Crippen molar-refractivity contribution < 1.29 is 13.2 Å². The predicted octanol–water partition coefficient (Wildman–Crippen LogP) is 2.88. The molecule has 1 atom stereocenters. The highest BCUT2D eigenvalue weighted by Gasteiger charge is 2.30. The summed E-state index contributed by atoms with van der Waals surface area (Å²) in [5.41, 5.74) is 4.03. The molecular formula is C23H24N4O3S2. The summed E-state index contributed by atoms with van der Waals surface area (Å²) >= 11 is 1.30. The van der Waals surface area contributed by atoms with E-state index in [2.05, 4.69) is 20.8 Å². The fraction of sp³-hybridized carbons (Fsp3) is 0.348. The minimum absolute atomic E-state index is 0.0456. The average molecular weight is 469 g/mol. The number of hydrogen-bond donors (Lipinski definition) is 0. The third-order valence-corrected chi connectivity index (χ3v) is 8.46. The van der Waals surface area contributed by atoms with E-state index >= 15 is 0 Å². The molecule has 166 valence electrons. The van der Waals surface area contributed by atoms with Crippen molar-refractivity contribution in [1.29, 1.82) is 0 Å². The average Bonchev–Trinajstić information content (AvgIpc) is 3.26. The normalized spacial score (nSPS) is 16.8. The van der Waals surface area contributed by atoms with Crippen molar-refractivity contribution in [2.45, 2.75) is 31.2 Å². The number of rotatable bonds is 5. The van der Waals surface area contributed by atoms with Gasteiger partial charge in [-0.05, 0) is 37.6 Å². The Labute approximate surface area is 192 Å². The van der Waals surface area contributed by atoms with Gasteiger partial charge in [-0.25, -0.2) is 18.4 Å². The second kappa shape index (κ2) is 8.88. The fourth-order valence-corrected chi connectivity index (χ4v) is 6.64. The standard InChI is InChI=1S/C23H24N4O3S2/c1-4-18-12-16(2)23(24-13-18)26-9-10-27(17(3)14-26)21(28)8-11-32(29,30)20-7-5-6-19-22(20)31-15-25-19/h1,5-7,12-13,15,17H,8-11,14H2,2-3H3/t17-/m0/s1. The van der Waals surface area contributed by atoms with Crippen LogP contribution in [0.25, 0.3) is 10.2 Å². The van der Waals surface area contributed by atoms with E-state index in [0.29, 0.717) is 29.9 Å². The summed E-state index contributed by atoms with van der Waals surface area (Å²) in [4.78, 5) is 25.7. The molecule has 0 unspecified atom stereocenters. The highest BCUT2D eigenvalue weighted by Crippen LogP contribution is 2.27. The van der Waals surface area contributed by atoms with Crippen molar-refractivity contribution in [3.8, 4) is 12.3 Å². The molecule has 3 heterocycles. The lowest BCUT2D eigenvalue weighted by Gasteiger charge is -2.41. The lowest BCUT2D eigenvalue weighted by atomic mass is 10.1. The Bertz CT molecular complexity index is 1310. The first kappa shape index (κ1) is 22.2. The first-order valence-electron chi connectivity index (χ1n) is 10.3. The van der Waals surface area contributed by atoms with E-state index in [1.165, 1.54) is 11.3 Å². The van der Waals surface area contributed by atoms with E-state index in [0.717, 1.165) is 16.9 Å². The number of fused-ring (bicyclic) bond motifs is 1. The van der Waals surface area contributed by atoms with Crippen molar-refractivity contribution in [2.24, 2.45) is 0 Å². The highest BCUT2D eigenvalue weighted by molar-refractivity contribution is 7.91. The number of terminal acetylenes is 1. The molecular weight excluding hydrogens is 444 g/mol. The zero-order valence-electron chi connectivity index (χ0n) is 18.0. The molecule has 0 N–H and O–H groups in total. The number of amides is 1. The molecule has 1 fully saturated rings. The SMILES string of the molecule is C#Cc1cnc(N2CCN(C(=O)CCS(=O)(=O)c3cccc4ncsc34)[C@@H](C)C2)c(C)c1. The first-order chi connectivity index (χ1) is 15.3. The van der Waals surface area contributed by atoms with Gasteiger partial charge in [0.15, 0.2) is 9.84 Å². The Morgan fingerprint density at radius 3 is 2.84 bits per heavy atom. The van der Waals surface area contributed by atoms with E-state index in [-0.39, 0.29) is 29.0 Å². The number of aromatic nitrogens is 2. The summed E-state index contributed by atoms with van der Waals surface area (Å²) in [5.74, 6) is 3.09. The van der Waals surface area contributed by atoms with Crippen LogP contribution in [0.15, 0.2) is 40.9 Å². The van der Waals surface area contributed by atoms with Gasteiger partial charge < -0.3 is 9.80 Å². The molecule has 1 aliphatic heterocycles. The monoisotopic (exact) mass is 468 g/mol. The molecule has 7 nitrogen and oxygen atoms in total. The Morgan fingerprint density at radius 2 is 2.12 bits per heavy atom. The van der Waals surface area contributed by atoms with Crippen LogP contribution in [0.5, 0.6) is 0 Å². The summed E-state index contributed by atoms with van der Waals surface area (Å²) in [6, 6.07) is 6.93. The number of sulfone groups is 1. The van der Waals surface area contributed by atoms with E-state index in [4.69, 9.17) is 6.42 Å². The summed E-state index contributed by atoms with van der Waals surface area (Å²) in [6.45, 7) is 5.72. The maximum absolute atomic E-state index is 12.9. The third kappa shape index (κ3) is 4.33. The summed E-state index contributed by atoms with van der Waals surface area (Å²) in [5, 5.41) is 0. The number of anilines is 1. The summed E-state index contributed by atoms with van der Waals surface area (Å²) in [7, 11) is -3.59. The van der Waals surface area contributed by atoms with E-state index in [9.17, 15) is 13.2 Å². The fourth-order valence-electron chi connectivity index (χ4n) is 4.08. The van der Waals surface area contributed by atoms with Gasteiger partial charge in [-0.2, -0.15) is 0 Å². The van der Waals surface area contributed by atoms with Crippen molar-refractivity contribution >= 4 is 43.1 Å². The second-order valence-electron chi connectivity index (χ2n) is 7.92. The quantitative estimate of drug-likeness (QED) is 0.536. The Balaban J connectivity index is 1.41. The summed E-state index contributed by atoms with van der Waals surface area (Å²) < 4.78 is 26.5. The maximum atomic E-state index is 12.9. The topological polar surface area (TPSA) is 83.5 Å². The molecule has 0 radical (unpaired) electrons. The molecule has 3 aromatic rings. The predicted molar refractivity (Wildman–Crippen MR) is 127 cm³/mol. The Morgan fingerprint density at radius 1 is 1.31 bits per heavy atom. The van der Waals surface area contributed by atoms with Crippen LogP contribution in [-0.4, -0.2) is 60.6 Å². The van der Waals surface area contributed by atoms with Gasteiger partial charge in [0, 0.05) is 43.9 Å². The Hall–Kier alpha value is -2.96. The molecule has 0 aliphatic carbocycles. The van der Waals surface area contributed by atoms with Crippen molar-refractivity contribution in [1.82, 2.24) is 14.9 Å². The Kier molecular flexibility index (Phi) is 6.17. The van der Waals surface area contributed by atoms with E-state index in [1.807, 2.05) is 19.9 Å². The number of aryl methyl sites for hydroxylation is 1. The number of benzene rings is 1. The van der Waals surface area contributed by atoms with Gasteiger partial charge in [0.25, 0.3) is 0 Å². The number of piperazine rings is 1. The van der Waals surface area contributed by atoms with Crippen molar-refractivity contribution in [2.75, 3.05) is 30.3 Å². The molecule has 1 amide bonds. The van der Waals surface area contributed by atoms with Crippen LogP contribution in [0.1, 0.15) is 24.5 Å². The van der Waals surface area contributed by atoms with Gasteiger partial charge >= 0.3 is 0 Å². The van der Waals surface area contributed by atoms with Crippen molar-refractivity contribution in [3.63, 3.8) is 0 Å².